The average molecular weight is 222 g/mol. The van der Waals surface area contributed by atoms with E-state index in [4.69, 9.17) is 0 Å². The number of allylic oxidation sites excluding steroid dienone is 4. The van der Waals surface area contributed by atoms with Gasteiger partial charge in [0.2, 0.25) is 0 Å². The van der Waals surface area contributed by atoms with E-state index in [2.05, 4.69) is 45.1 Å². The highest BCUT2D eigenvalue weighted by molar-refractivity contribution is 5.00. The van der Waals surface area contributed by atoms with Crippen molar-refractivity contribution in [2.24, 2.45) is 5.92 Å². The monoisotopic (exact) mass is 222 g/mol. The Labute approximate surface area is 103 Å². The van der Waals surface area contributed by atoms with Crippen molar-refractivity contribution in [2.75, 3.05) is 0 Å². The summed E-state index contributed by atoms with van der Waals surface area (Å²) in [6.07, 6.45) is 19.9. The Morgan fingerprint density at radius 1 is 0.750 bits per heavy atom. The molecule has 0 nitrogen and oxygen atoms in total. The highest BCUT2D eigenvalue weighted by Gasteiger charge is 1.94. The van der Waals surface area contributed by atoms with Gasteiger partial charge in [0.1, 0.15) is 0 Å². The van der Waals surface area contributed by atoms with Crippen molar-refractivity contribution in [3.8, 4) is 0 Å². The molecule has 0 fully saturated rings. The minimum absolute atomic E-state index is 0.665. The minimum atomic E-state index is 0.665. The molecule has 0 amide bonds. The molecule has 1 atom stereocenters. The molecule has 0 aliphatic heterocycles. The summed E-state index contributed by atoms with van der Waals surface area (Å²) in [7, 11) is 0. The first-order valence-corrected chi connectivity index (χ1v) is 7.18. The van der Waals surface area contributed by atoms with Crippen LogP contribution in [0.25, 0.3) is 0 Å². The molecule has 1 unspecified atom stereocenters. The van der Waals surface area contributed by atoms with Crippen molar-refractivity contribution in [1.82, 2.24) is 0 Å². The average Bonchev–Trinajstić information content (AvgIpc) is 2.31. The third-order valence-corrected chi connectivity index (χ3v) is 2.92. The summed E-state index contributed by atoms with van der Waals surface area (Å²) in [5.74, 6) is 0.665. The molecule has 94 valence electrons. The van der Waals surface area contributed by atoms with Gasteiger partial charge in [0.15, 0.2) is 0 Å². The summed E-state index contributed by atoms with van der Waals surface area (Å²) in [5.41, 5.74) is 0. The molecule has 0 aromatic heterocycles. The molecule has 0 aliphatic rings. The Kier molecular flexibility index (Phi) is 12.1. The molecule has 0 saturated carbocycles. The molecule has 0 saturated heterocycles. The van der Waals surface area contributed by atoms with Crippen LogP contribution in [0, 0.1) is 5.92 Å². The van der Waals surface area contributed by atoms with E-state index in [0.717, 1.165) is 0 Å². The second-order valence-electron chi connectivity index (χ2n) is 4.57. The first-order valence-electron chi connectivity index (χ1n) is 7.18. The smallest absolute Gasteiger partial charge is 0.00561 e. The fraction of sp³-hybridized carbons (Fsp3) is 0.750. The van der Waals surface area contributed by atoms with Gasteiger partial charge in [0, 0.05) is 0 Å². The normalized spacial score (nSPS) is 13.9. The van der Waals surface area contributed by atoms with Crippen LogP contribution in [0.2, 0.25) is 0 Å². The Morgan fingerprint density at radius 3 is 2.00 bits per heavy atom. The van der Waals surface area contributed by atoms with Crippen molar-refractivity contribution in [1.29, 1.82) is 0 Å². The summed E-state index contributed by atoms with van der Waals surface area (Å²) >= 11 is 0. The molecule has 0 N–H and O–H groups in total. The standard InChI is InChI=1S/C16H30/c1-4-7-9-10-11-13-15-16(6-3)14-12-8-5-2/h12-16H,4-11H2,1-3H3. The van der Waals surface area contributed by atoms with Crippen molar-refractivity contribution >= 4 is 0 Å². The molecule has 0 radical (unpaired) electrons. The zero-order chi connectivity index (χ0) is 12.1. The third-order valence-electron chi connectivity index (χ3n) is 2.92. The maximum Gasteiger partial charge on any atom is -0.00561 e. The van der Waals surface area contributed by atoms with E-state index in [0.29, 0.717) is 5.92 Å². The van der Waals surface area contributed by atoms with Gasteiger partial charge in [0.25, 0.3) is 0 Å². The number of rotatable bonds is 10. The third kappa shape index (κ3) is 10.0. The number of hydrogen-bond acceptors (Lipinski definition) is 0. The molecule has 0 heteroatoms. The second-order valence-corrected chi connectivity index (χ2v) is 4.57. The van der Waals surface area contributed by atoms with Crippen LogP contribution in [0.1, 0.15) is 72.1 Å². The number of unbranched alkanes of at least 4 members (excludes halogenated alkanes) is 5. The fourth-order valence-corrected chi connectivity index (χ4v) is 1.73. The highest BCUT2D eigenvalue weighted by atomic mass is 14.0. The van der Waals surface area contributed by atoms with Gasteiger partial charge in [-0.2, -0.15) is 0 Å². The van der Waals surface area contributed by atoms with E-state index >= 15 is 0 Å². The molecule has 0 aliphatic carbocycles. The first kappa shape index (κ1) is 15.5. The van der Waals surface area contributed by atoms with Crippen molar-refractivity contribution in [2.45, 2.75) is 72.1 Å². The molecule has 0 aromatic carbocycles. The molecule has 0 rings (SSSR count). The summed E-state index contributed by atoms with van der Waals surface area (Å²) in [4.78, 5) is 0. The van der Waals surface area contributed by atoms with E-state index in [1.54, 1.807) is 0 Å². The van der Waals surface area contributed by atoms with Gasteiger partial charge in [0.05, 0.1) is 0 Å². The van der Waals surface area contributed by atoms with E-state index in [1.165, 1.54) is 51.4 Å². The van der Waals surface area contributed by atoms with E-state index in [-0.39, 0.29) is 0 Å². The lowest BCUT2D eigenvalue weighted by molar-refractivity contribution is 0.671. The van der Waals surface area contributed by atoms with Crippen LogP contribution in [-0.4, -0.2) is 0 Å². The van der Waals surface area contributed by atoms with Crippen molar-refractivity contribution in [3.63, 3.8) is 0 Å². The Bertz CT molecular complexity index is 176. The largest absolute Gasteiger partial charge is 0.0880 e. The predicted octanol–water partition coefficient (Wildman–Crippen LogP) is 5.90. The Balaban J connectivity index is 3.62. The molecule has 0 heterocycles. The van der Waals surface area contributed by atoms with Crippen LogP contribution < -0.4 is 0 Å². The van der Waals surface area contributed by atoms with Gasteiger partial charge in [-0.1, -0.05) is 70.8 Å². The lowest BCUT2D eigenvalue weighted by atomic mass is 10.0. The van der Waals surface area contributed by atoms with Gasteiger partial charge in [-0.25, -0.2) is 0 Å². The number of hydrogen-bond donors (Lipinski definition) is 0. The highest BCUT2D eigenvalue weighted by Crippen LogP contribution is 2.10. The first-order chi connectivity index (χ1) is 7.85. The van der Waals surface area contributed by atoms with Gasteiger partial charge >= 0.3 is 0 Å². The Morgan fingerprint density at radius 2 is 1.44 bits per heavy atom. The summed E-state index contributed by atoms with van der Waals surface area (Å²) < 4.78 is 0. The summed E-state index contributed by atoms with van der Waals surface area (Å²) in [6, 6.07) is 0. The maximum atomic E-state index is 2.39. The lowest BCUT2D eigenvalue weighted by Gasteiger charge is -2.03. The molecule has 0 spiro atoms. The second kappa shape index (κ2) is 12.5. The van der Waals surface area contributed by atoms with Crippen LogP contribution in [0.3, 0.4) is 0 Å². The SMILES string of the molecule is CCCC=CC(C=CCCCCCC)CC. The van der Waals surface area contributed by atoms with Gasteiger partial charge in [-0.05, 0) is 31.6 Å². The molecule has 16 heavy (non-hydrogen) atoms. The molecule has 0 aromatic rings. The van der Waals surface area contributed by atoms with Crippen LogP contribution in [0.4, 0.5) is 0 Å². The zero-order valence-corrected chi connectivity index (χ0v) is 11.5. The van der Waals surface area contributed by atoms with Crippen molar-refractivity contribution in [3.05, 3.63) is 24.3 Å². The molecular formula is C16H30. The van der Waals surface area contributed by atoms with Crippen LogP contribution in [0.5, 0.6) is 0 Å². The zero-order valence-electron chi connectivity index (χ0n) is 11.5. The minimum Gasteiger partial charge on any atom is -0.0880 e. The summed E-state index contributed by atoms with van der Waals surface area (Å²) in [6.45, 7) is 6.76. The summed E-state index contributed by atoms with van der Waals surface area (Å²) in [5, 5.41) is 0. The lowest BCUT2D eigenvalue weighted by Crippen LogP contribution is -1.88. The van der Waals surface area contributed by atoms with Crippen LogP contribution >= 0.6 is 0 Å². The van der Waals surface area contributed by atoms with E-state index in [1.807, 2.05) is 0 Å². The topological polar surface area (TPSA) is 0 Å². The fourth-order valence-electron chi connectivity index (χ4n) is 1.73. The van der Waals surface area contributed by atoms with Crippen molar-refractivity contribution < 1.29 is 0 Å². The van der Waals surface area contributed by atoms with Gasteiger partial charge < -0.3 is 0 Å². The maximum absolute atomic E-state index is 2.39. The predicted molar refractivity (Wildman–Crippen MR) is 75.7 cm³/mol. The van der Waals surface area contributed by atoms with Crippen LogP contribution in [-0.2, 0) is 0 Å². The van der Waals surface area contributed by atoms with Gasteiger partial charge in [-0.15, -0.1) is 0 Å². The quantitative estimate of drug-likeness (QED) is 0.319. The van der Waals surface area contributed by atoms with Gasteiger partial charge in [-0.3, -0.25) is 0 Å². The molecular weight excluding hydrogens is 192 g/mol. The molecule has 0 bridgehead atoms. The van der Waals surface area contributed by atoms with E-state index < -0.39 is 0 Å². The Hall–Kier alpha value is -0.520. The van der Waals surface area contributed by atoms with Crippen LogP contribution in [0.15, 0.2) is 24.3 Å². The van der Waals surface area contributed by atoms with E-state index in [9.17, 15) is 0 Å².